The van der Waals surface area contributed by atoms with Crippen LogP contribution in [-0.4, -0.2) is 101 Å². The van der Waals surface area contributed by atoms with E-state index in [1.807, 2.05) is 44.2 Å². The zero-order valence-electron chi connectivity index (χ0n) is 13.9. The van der Waals surface area contributed by atoms with E-state index in [-0.39, 0.29) is 75.0 Å². The van der Waals surface area contributed by atoms with Gasteiger partial charge in [0, 0.05) is 56.1 Å². The Morgan fingerprint density at radius 3 is 2.50 bits per heavy atom. The van der Waals surface area contributed by atoms with E-state index >= 15 is 0 Å². The van der Waals surface area contributed by atoms with Gasteiger partial charge in [0.2, 0.25) is 11.8 Å². The first kappa shape index (κ1) is 19.9. The van der Waals surface area contributed by atoms with Gasteiger partial charge in [-0.2, -0.15) is 0 Å². The van der Waals surface area contributed by atoms with Crippen LogP contribution in [0.15, 0.2) is 30.3 Å². The number of hydrogen-bond donors (Lipinski definition) is 2. The minimum Gasteiger partial charge on any atom is -0.480 e. The van der Waals surface area contributed by atoms with E-state index < -0.39 is 22.8 Å². The molecular weight excluding hydrogens is 355 g/mol. The third-order valence-electron chi connectivity index (χ3n) is 4.20. The number of aliphatic carboxylic acids is 1. The maximum atomic E-state index is 12.3. The molecule has 2 saturated heterocycles. The zero-order chi connectivity index (χ0) is 16.8. The van der Waals surface area contributed by atoms with Crippen LogP contribution >= 0.6 is 11.8 Å². The average molecular weight is 373 g/mol. The zero-order valence-corrected chi connectivity index (χ0v) is 17.8. The van der Waals surface area contributed by atoms with Crippen LogP contribution in [0.3, 0.4) is 0 Å². The second-order valence-corrected chi connectivity index (χ2v) is 8.08. The van der Waals surface area contributed by atoms with Crippen LogP contribution in [0.4, 0.5) is 0 Å². The minimum absolute atomic E-state index is 0. The molecule has 1 aromatic rings. The summed E-state index contributed by atoms with van der Waals surface area (Å²) in [6.45, 7) is 3.62. The Hall–Kier alpha value is -0.384. The Bertz CT molecular complexity index is 667. The number of nitrogens with one attached hydrogen (secondary N) is 1. The van der Waals surface area contributed by atoms with E-state index in [2.05, 4.69) is 5.32 Å². The van der Waals surface area contributed by atoms with Crippen LogP contribution in [-0.2, 0) is 20.8 Å². The molecule has 2 aliphatic heterocycles. The number of carbonyl (C=O) groups is 3. The Morgan fingerprint density at radius 2 is 1.92 bits per heavy atom. The van der Waals surface area contributed by atoms with Crippen LogP contribution in [0.2, 0.25) is 0 Å². The van der Waals surface area contributed by atoms with Crippen LogP contribution in [0.1, 0.15) is 19.4 Å². The summed E-state index contributed by atoms with van der Waals surface area (Å²) in [7, 11) is 0. The molecule has 2 heterocycles. The average Bonchev–Trinajstić information content (AvgIpc) is 2.74. The number of carbonyl (C=O) groups excluding carboxylic acids is 2. The van der Waals surface area contributed by atoms with E-state index in [0.29, 0.717) is 0 Å². The molecule has 8 heteroatoms. The molecule has 0 aromatic heterocycles. The molecule has 24 heavy (non-hydrogen) atoms. The van der Waals surface area contributed by atoms with E-state index in [1.165, 1.54) is 16.7 Å². The Labute approximate surface area is 187 Å². The van der Waals surface area contributed by atoms with Gasteiger partial charge in [-0.3, -0.25) is 9.59 Å². The van der Waals surface area contributed by atoms with Gasteiger partial charge in [-0.15, -0.1) is 11.8 Å². The number of amides is 2. The molecule has 3 rings (SSSR count). The van der Waals surface area contributed by atoms with Crippen molar-refractivity contribution in [1.29, 1.82) is 0 Å². The Kier molecular flexibility index (Phi) is 6.20. The molecule has 0 spiro atoms. The van der Waals surface area contributed by atoms with E-state index in [4.69, 9.17) is 0 Å². The quantitative estimate of drug-likeness (QED) is 0.592. The Balaban J connectivity index is 0.00000208. The monoisotopic (exact) mass is 373 g/mol. The fourth-order valence-corrected chi connectivity index (χ4v) is 4.78. The molecule has 6 nitrogen and oxygen atoms in total. The number of carboxylic acids is 1. The van der Waals surface area contributed by atoms with Gasteiger partial charge in [-0.05, 0) is 19.4 Å². The number of nitrogens with zero attached hydrogens (tertiary/aromatic N) is 1. The van der Waals surface area contributed by atoms with E-state index in [0.717, 1.165) is 5.56 Å². The first-order valence-electron chi connectivity index (χ1n) is 7.37. The number of benzene rings is 1. The number of fused-ring (bicyclic) bond motifs is 1. The summed E-state index contributed by atoms with van der Waals surface area (Å²) in [6.07, 6.45) is 0.202. The van der Waals surface area contributed by atoms with E-state index in [9.17, 15) is 19.5 Å². The number of thioether (sulfide) groups is 1. The van der Waals surface area contributed by atoms with Gasteiger partial charge in [-0.1, -0.05) is 30.3 Å². The molecule has 2 N–H and O–H groups in total. The van der Waals surface area contributed by atoms with Crippen molar-refractivity contribution in [3.8, 4) is 0 Å². The van der Waals surface area contributed by atoms with Gasteiger partial charge in [0.05, 0.1) is 6.42 Å². The molecule has 123 valence electrons. The van der Waals surface area contributed by atoms with Crippen LogP contribution < -0.4 is 5.32 Å². The molecule has 3 unspecified atom stereocenters. The van der Waals surface area contributed by atoms with Crippen molar-refractivity contribution in [3.05, 3.63) is 35.9 Å². The van der Waals surface area contributed by atoms with Crippen LogP contribution in [0.5, 0.6) is 0 Å². The van der Waals surface area contributed by atoms with E-state index in [1.54, 1.807) is 0 Å². The summed E-state index contributed by atoms with van der Waals surface area (Å²) in [5.41, 5.74) is 0.872. The summed E-state index contributed by atoms with van der Waals surface area (Å²) < 4.78 is -0.578. The van der Waals surface area contributed by atoms with Crippen LogP contribution in [0, 0.1) is 0 Å². The van der Waals surface area contributed by atoms with Crippen molar-refractivity contribution in [2.75, 3.05) is 0 Å². The molecule has 3 atom stereocenters. The number of rotatable bonds is 4. The van der Waals surface area contributed by atoms with Crippen LogP contribution in [0.25, 0.3) is 0 Å². The number of β-lactam (4-membered cyclic amide) rings is 1. The summed E-state index contributed by atoms with van der Waals surface area (Å²) in [4.78, 5) is 37.2. The topological polar surface area (TPSA) is 86.7 Å². The first-order chi connectivity index (χ1) is 10.8. The van der Waals surface area contributed by atoms with Gasteiger partial charge in [0.1, 0.15) is 17.5 Å². The summed E-state index contributed by atoms with van der Waals surface area (Å²) in [6, 6.07) is 7.78. The van der Waals surface area contributed by atoms with Crippen molar-refractivity contribution in [3.63, 3.8) is 0 Å². The van der Waals surface area contributed by atoms with Crippen molar-refractivity contribution >= 4 is 80.9 Å². The molecule has 0 saturated carbocycles. The fourth-order valence-electron chi connectivity index (χ4n) is 3.15. The normalized spacial score (nSPS) is 26.8. The molecule has 2 amide bonds. The van der Waals surface area contributed by atoms with Crippen molar-refractivity contribution in [1.82, 2.24) is 10.2 Å². The predicted octanol–water partition coefficient (Wildman–Crippen LogP) is 0.480. The molecule has 2 aliphatic rings. The predicted molar refractivity (Wildman–Crippen MR) is 91.6 cm³/mol. The molecular formula is C16H18KN2O4S. The maximum Gasteiger partial charge on any atom is 0.327 e. The molecule has 1 radical (unpaired) electrons. The van der Waals surface area contributed by atoms with Gasteiger partial charge in [-0.25, -0.2) is 4.79 Å². The summed E-state index contributed by atoms with van der Waals surface area (Å²) in [5, 5.41) is 11.8. The number of carboxylic acid groups (broad SMARTS) is 1. The van der Waals surface area contributed by atoms with Crippen molar-refractivity contribution < 1.29 is 19.5 Å². The standard InChI is InChI=1S/C16H18N2O4S.K/c1-16(2)12(15(21)22)18-13(20)11(14(18)23-16)17-10(19)8-9-6-4-3-5-7-9;/h3-7,11-12,14H,8H2,1-2H3,(H,17,19)(H,21,22);. The molecule has 0 aliphatic carbocycles. The first-order valence-corrected chi connectivity index (χ1v) is 8.25. The SMILES string of the molecule is CC1(C)SC2C(NC(=O)Cc3ccccc3)C(=O)N2C1C(=O)O.[K]. The molecule has 1 aromatic carbocycles. The largest absolute Gasteiger partial charge is 0.480 e. The third-order valence-corrected chi connectivity index (χ3v) is 5.77. The van der Waals surface area contributed by atoms with Crippen molar-refractivity contribution in [2.24, 2.45) is 0 Å². The number of hydrogen-bond acceptors (Lipinski definition) is 4. The Morgan fingerprint density at radius 1 is 1.29 bits per heavy atom. The summed E-state index contributed by atoms with van der Waals surface area (Å²) in [5.74, 6) is -1.55. The summed E-state index contributed by atoms with van der Waals surface area (Å²) >= 11 is 1.42. The van der Waals surface area contributed by atoms with Gasteiger partial charge in [0.15, 0.2) is 0 Å². The second kappa shape index (κ2) is 7.47. The van der Waals surface area contributed by atoms with Crippen molar-refractivity contribution in [2.45, 2.75) is 42.5 Å². The smallest absolute Gasteiger partial charge is 0.327 e. The van der Waals surface area contributed by atoms with Gasteiger partial charge >= 0.3 is 5.97 Å². The fraction of sp³-hybridized carbons (Fsp3) is 0.438. The second-order valence-electron chi connectivity index (χ2n) is 6.31. The van der Waals surface area contributed by atoms with Gasteiger partial charge in [0.25, 0.3) is 0 Å². The molecule has 2 fully saturated rings. The minimum atomic E-state index is -1.01. The third kappa shape index (κ3) is 3.59. The van der Waals surface area contributed by atoms with Gasteiger partial charge < -0.3 is 15.3 Å². The molecule has 0 bridgehead atoms. The maximum absolute atomic E-state index is 12.3.